The largest absolute Gasteiger partial charge is 0.457 e. The summed E-state index contributed by atoms with van der Waals surface area (Å²) in [4.78, 5) is 78.4. The van der Waals surface area contributed by atoms with Crippen molar-refractivity contribution in [2.75, 3.05) is 13.2 Å². The second-order valence-corrected chi connectivity index (χ2v) is 33.8. The summed E-state index contributed by atoms with van der Waals surface area (Å²) in [5, 5.41) is 34.6. The van der Waals surface area contributed by atoms with Crippen molar-refractivity contribution < 1.29 is 57.9 Å². The number of ketones is 2. The van der Waals surface area contributed by atoms with Crippen LogP contribution in [0.5, 0.6) is 0 Å². The van der Waals surface area contributed by atoms with Gasteiger partial charge in [-0.25, -0.2) is 0 Å². The van der Waals surface area contributed by atoms with Gasteiger partial charge in [0.25, 0.3) is 0 Å². The highest BCUT2D eigenvalue weighted by Crippen LogP contribution is 2.72. The monoisotopic (exact) mass is 1540 g/mol. The number of carbonyl (C=O) groups excluding carboxylic acids is 6. The molecule has 8 aliphatic carbocycles. The number of aryl methyl sites for hydroxylation is 3. The van der Waals surface area contributed by atoms with Crippen LogP contribution in [0.2, 0.25) is 0 Å². The maximum atomic E-state index is 14.2. The van der Waals surface area contributed by atoms with Crippen molar-refractivity contribution >= 4 is 86.7 Å². The standard InChI is InChI=1S/2C38H49ClN2O6.C9H11Br.CH4/c1-7-23-10-12-24(13-11-23)20-41-29-16-26-15-28(39)34-27-14-22(4)38(47-33(45)9-3,31(43)21-46-32(44)8-2)37(27,6)18-30(42)35(34)36(26,5)17-25(29)19-40-41;1-7-23-10-12-24(13-11-23)19-41-20-25-17-36(5)26(16-29(25)40-41)15-28(39)34-27-14-22(4)38(47-33(45)9-3,31(43)21-46-32(44)8-2)37(27,6)18-30(42)35(34)36;1-2-8-3-5-9(7-10)6-4-8;/h10-13,16,19,22,27-28,30,34-35,42H,7-9,14-15,17-18,20-21H2,1-6H3;10-13,16,20,22,27-28,30,34-35,42H,7-9,14-15,17-19,21H2,1-6H3;3-6H,2,7H2,1H3;1H4/t2*22-,27+,28-,30+,34-,35+,36+,37+,38+;;/m11../s1. The molecule has 2 heterocycles. The number of aromatic nitrogens is 4. The van der Waals surface area contributed by atoms with Crippen molar-refractivity contribution in [1.82, 2.24) is 19.6 Å². The Hall–Kier alpha value is -6.24. The Bertz CT molecular complexity index is 4030. The van der Waals surface area contributed by atoms with Crippen molar-refractivity contribution in [1.29, 1.82) is 0 Å². The van der Waals surface area contributed by atoms with Crippen LogP contribution in [0.4, 0.5) is 0 Å². The quantitative estimate of drug-likeness (QED) is 0.0421. The average Bonchev–Trinajstić information content (AvgIpc) is 1.54. The first-order valence-electron chi connectivity index (χ1n) is 38.3. The number of rotatable bonds is 20. The number of allylic oxidation sites excluding steroid dienone is 2. The van der Waals surface area contributed by atoms with E-state index in [9.17, 15) is 39.0 Å². The molecule has 5 aromatic rings. The van der Waals surface area contributed by atoms with Crippen LogP contribution in [0, 0.1) is 69.0 Å². The molecule has 0 unspecified atom stereocenters. The summed E-state index contributed by atoms with van der Waals surface area (Å²) in [6.45, 7) is 26.0. The van der Waals surface area contributed by atoms with E-state index in [1.807, 2.05) is 38.6 Å². The number of nitrogens with zero attached hydrogens (tertiary/aromatic N) is 4. The van der Waals surface area contributed by atoms with Gasteiger partial charge in [-0.3, -0.25) is 38.1 Å². The Labute approximate surface area is 641 Å². The lowest BCUT2D eigenvalue weighted by Crippen LogP contribution is -2.66. The number of esters is 4. The smallest absolute Gasteiger partial charge is 0.306 e. The van der Waals surface area contributed by atoms with E-state index >= 15 is 0 Å². The molecule has 6 saturated carbocycles. The molecular weight excluding hydrogens is 1430 g/mol. The van der Waals surface area contributed by atoms with Crippen LogP contribution >= 0.6 is 39.1 Å². The third-order valence-electron chi connectivity index (χ3n) is 26.3. The lowest BCUT2D eigenvalue weighted by atomic mass is 9.45. The summed E-state index contributed by atoms with van der Waals surface area (Å²) in [6, 6.07) is 26.0. The summed E-state index contributed by atoms with van der Waals surface area (Å²) >= 11 is 18.2. The maximum absolute atomic E-state index is 14.2. The molecule has 8 aliphatic rings. The van der Waals surface area contributed by atoms with Crippen LogP contribution in [0.3, 0.4) is 0 Å². The molecule has 18 atom stereocenters. The summed E-state index contributed by atoms with van der Waals surface area (Å²) < 4.78 is 27.1. The number of alkyl halides is 3. The molecule has 19 heteroatoms. The van der Waals surface area contributed by atoms with Gasteiger partial charge >= 0.3 is 23.9 Å². The summed E-state index contributed by atoms with van der Waals surface area (Å²) in [6.07, 6.45) is 15.2. The van der Waals surface area contributed by atoms with Gasteiger partial charge < -0.3 is 29.2 Å². The number of hydrogen-bond donors (Lipinski definition) is 2. The number of halogens is 3. The minimum absolute atomic E-state index is 0. The van der Waals surface area contributed by atoms with Gasteiger partial charge in [0, 0.05) is 70.6 Å². The highest BCUT2D eigenvalue weighted by molar-refractivity contribution is 9.08. The van der Waals surface area contributed by atoms with E-state index in [-0.39, 0.29) is 115 Å². The van der Waals surface area contributed by atoms with E-state index in [4.69, 9.17) is 52.3 Å². The minimum Gasteiger partial charge on any atom is -0.457 e. The zero-order valence-corrected chi connectivity index (χ0v) is 66.3. The summed E-state index contributed by atoms with van der Waals surface area (Å²) in [5.74, 6) is -4.16. The van der Waals surface area contributed by atoms with Gasteiger partial charge in [0.1, 0.15) is 0 Å². The van der Waals surface area contributed by atoms with Gasteiger partial charge in [0.05, 0.1) is 42.9 Å². The maximum Gasteiger partial charge on any atom is 0.306 e. The van der Waals surface area contributed by atoms with Crippen LogP contribution in [-0.4, -0.2) is 113 Å². The van der Waals surface area contributed by atoms with Crippen molar-refractivity contribution in [2.45, 2.75) is 246 Å². The predicted molar refractivity (Wildman–Crippen MR) is 414 cm³/mol. The molecule has 0 aliphatic heterocycles. The fourth-order valence-electron chi connectivity index (χ4n) is 21.1. The normalized spacial score (nSPS) is 32.7. The molecule has 3 aromatic carbocycles. The van der Waals surface area contributed by atoms with Gasteiger partial charge in [-0.2, -0.15) is 10.2 Å². The fourth-order valence-corrected chi connectivity index (χ4v) is 22.5. The lowest BCUT2D eigenvalue weighted by Gasteiger charge is -2.61. The molecule has 13 rings (SSSR count). The Morgan fingerprint density at radius 3 is 1.35 bits per heavy atom. The van der Waals surface area contributed by atoms with E-state index in [1.165, 1.54) is 44.5 Å². The SMILES string of the molecule is C.CCC(=O)OCC(=O)[C@@]1(OC(=O)CC)[C@H](C)C[C@H]2[C@H]3[C@H]([C@@H](O)C[C@@]21C)[C@@]1(C)Cc2cn(Cc4ccc(CC)cc4)nc2C=C1C[C@H]3Cl.CCC(=O)OCC(=O)[C@@]1(OC(=O)CC)[C@H](C)C[C@H]2[C@H]3[C@H]([C@@H](O)C[C@@]21C)[C@@]1(C)Cc2cnn(Cc4ccc(CC)cc4)c2C=C1C[C@H]3Cl.CCc1ccc(CBr)cc1. The highest BCUT2D eigenvalue weighted by Gasteiger charge is 2.76. The number of aliphatic hydroxyl groups is 2. The number of aliphatic hydroxyl groups excluding tert-OH is 2. The van der Waals surface area contributed by atoms with Crippen molar-refractivity contribution in [2.24, 2.45) is 69.0 Å². The van der Waals surface area contributed by atoms with Gasteiger partial charge in [0.15, 0.2) is 24.4 Å². The zero-order chi connectivity index (χ0) is 75.2. The molecule has 0 amide bonds. The van der Waals surface area contributed by atoms with Gasteiger partial charge in [-0.15, -0.1) is 23.2 Å². The molecule has 6 fully saturated rings. The van der Waals surface area contributed by atoms with Crippen molar-refractivity contribution in [3.8, 4) is 0 Å². The highest BCUT2D eigenvalue weighted by atomic mass is 79.9. The van der Waals surface area contributed by atoms with E-state index in [0.29, 0.717) is 38.8 Å². The van der Waals surface area contributed by atoms with E-state index in [2.05, 4.69) is 146 Å². The van der Waals surface area contributed by atoms with Crippen LogP contribution in [-0.2, 0) is 98.2 Å². The van der Waals surface area contributed by atoms with E-state index in [1.54, 1.807) is 27.7 Å². The topological polar surface area (TPSA) is 215 Å². The average molecular weight is 1550 g/mol. The lowest BCUT2D eigenvalue weighted by molar-refractivity contribution is -0.207. The molecule has 2 aromatic heterocycles. The second-order valence-electron chi connectivity index (χ2n) is 32.1. The number of Topliss-reactive ketones (excluding diaryl/α,β-unsaturated/α-hetero) is 2. The van der Waals surface area contributed by atoms with Gasteiger partial charge in [-0.05, 0) is 174 Å². The van der Waals surface area contributed by atoms with Gasteiger partial charge in [0.2, 0.25) is 11.6 Å². The molecule has 0 saturated heterocycles. The molecule has 16 nitrogen and oxygen atoms in total. The van der Waals surface area contributed by atoms with Gasteiger partial charge in [-0.1, -0.05) is 197 Å². The molecule has 0 radical (unpaired) electrons. The third kappa shape index (κ3) is 14.7. The Balaban J connectivity index is 0.000000197. The number of ether oxygens (including phenoxy) is 4. The first-order chi connectivity index (χ1) is 49.5. The number of fused-ring (bicyclic) bond motifs is 12. The van der Waals surface area contributed by atoms with Crippen LogP contribution in [0.1, 0.15) is 218 Å². The summed E-state index contributed by atoms with van der Waals surface area (Å²) in [7, 11) is 0. The minimum atomic E-state index is -1.53. The second kappa shape index (κ2) is 32.5. The Kier molecular flexibility index (Phi) is 25.2. The first kappa shape index (κ1) is 81.3. The number of carbonyl (C=O) groups is 6. The predicted octanol–water partition coefficient (Wildman–Crippen LogP) is 16.4. The molecule has 2 N–H and O–H groups in total. The first-order valence-corrected chi connectivity index (χ1v) is 40.3. The van der Waals surface area contributed by atoms with Crippen molar-refractivity contribution in [3.05, 3.63) is 152 Å². The third-order valence-corrected chi connectivity index (χ3v) is 27.9. The molecule has 0 bridgehead atoms. The van der Waals surface area contributed by atoms with Crippen LogP contribution in [0.25, 0.3) is 12.2 Å². The molecule has 570 valence electrons. The fraction of sp³-hybridized carbons (Fsp3) is 0.605. The van der Waals surface area contributed by atoms with Crippen LogP contribution < -0.4 is 0 Å². The molecule has 105 heavy (non-hydrogen) atoms. The summed E-state index contributed by atoms with van der Waals surface area (Å²) in [5.41, 5.74) is 9.03. The zero-order valence-electron chi connectivity index (χ0n) is 63.2. The van der Waals surface area contributed by atoms with Crippen molar-refractivity contribution in [3.63, 3.8) is 0 Å². The van der Waals surface area contributed by atoms with Crippen LogP contribution in [0.15, 0.2) is 96.3 Å². The molecule has 0 spiro atoms. The van der Waals surface area contributed by atoms with E-state index < -0.39 is 82.9 Å². The number of benzene rings is 3. The number of hydrogen-bond acceptors (Lipinski definition) is 14. The van der Waals surface area contributed by atoms with E-state index in [0.717, 1.165) is 59.9 Å². The Morgan fingerprint density at radius 2 is 0.943 bits per heavy atom. The molecular formula is C86H113BrCl2N4O12. The Morgan fingerprint density at radius 1 is 0.552 bits per heavy atom.